The normalized spacial score (nSPS) is 16.3. The van der Waals surface area contributed by atoms with E-state index in [0.29, 0.717) is 5.56 Å². The predicted octanol–water partition coefficient (Wildman–Crippen LogP) is 2.96. The third kappa shape index (κ3) is 4.22. The summed E-state index contributed by atoms with van der Waals surface area (Å²) in [7, 11) is 0. The minimum absolute atomic E-state index is 0.0578. The lowest BCUT2D eigenvalue weighted by Gasteiger charge is -2.39. The van der Waals surface area contributed by atoms with E-state index in [4.69, 9.17) is 0 Å². The predicted molar refractivity (Wildman–Crippen MR) is 103 cm³/mol. The second-order valence-corrected chi connectivity index (χ2v) is 6.79. The highest BCUT2D eigenvalue weighted by molar-refractivity contribution is 5.81. The largest absolute Gasteiger partial charge is 0.369 e. The van der Waals surface area contributed by atoms with Gasteiger partial charge in [-0.3, -0.25) is 9.69 Å². The molecule has 0 saturated carbocycles. The topological polar surface area (TPSA) is 35.6 Å². The van der Waals surface area contributed by atoms with Crippen LogP contribution in [-0.2, 0) is 11.3 Å². The molecule has 3 rings (SSSR count). The lowest BCUT2D eigenvalue weighted by molar-refractivity contribution is -0.126. The van der Waals surface area contributed by atoms with E-state index in [1.54, 1.807) is 18.2 Å². The number of hydrogen-bond donors (Lipinski definition) is 1. The molecule has 0 radical (unpaired) electrons. The molecule has 0 aromatic heterocycles. The Morgan fingerprint density at radius 1 is 1.08 bits per heavy atom. The molecule has 0 spiro atoms. The van der Waals surface area contributed by atoms with E-state index in [1.807, 2.05) is 6.92 Å². The smallest absolute Gasteiger partial charge is 0.237 e. The molecule has 1 atom stereocenters. The zero-order chi connectivity index (χ0) is 18.5. The number of piperazine rings is 1. The van der Waals surface area contributed by atoms with Crippen LogP contribution in [0.5, 0.6) is 0 Å². The number of amides is 1. The molecule has 1 N–H and O–H groups in total. The van der Waals surface area contributed by atoms with E-state index in [-0.39, 0.29) is 24.3 Å². The number of nitrogens with zero attached hydrogens (tertiary/aromatic N) is 2. The minimum atomic E-state index is -0.285. The SMILES string of the molecule is Cc1ccccc1N1CCN([C@H](C)C(=O)NCc2ccccc2F)CC1. The number of halogens is 1. The van der Waals surface area contributed by atoms with Crippen molar-refractivity contribution in [3.8, 4) is 0 Å². The molecule has 2 aromatic rings. The van der Waals surface area contributed by atoms with E-state index in [2.05, 4.69) is 46.3 Å². The summed E-state index contributed by atoms with van der Waals surface area (Å²) in [5.74, 6) is -0.343. The monoisotopic (exact) mass is 355 g/mol. The number of aryl methyl sites for hydroxylation is 1. The van der Waals surface area contributed by atoms with Crippen molar-refractivity contribution in [2.75, 3.05) is 31.1 Å². The van der Waals surface area contributed by atoms with Crippen LogP contribution in [0.3, 0.4) is 0 Å². The van der Waals surface area contributed by atoms with Crippen LogP contribution in [0.1, 0.15) is 18.1 Å². The number of hydrogen-bond acceptors (Lipinski definition) is 3. The van der Waals surface area contributed by atoms with Crippen molar-refractivity contribution in [3.63, 3.8) is 0 Å². The van der Waals surface area contributed by atoms with Gasteiger partial charge in [-0.1, -0.05) is 36.4 Å². The Bertz CT molecular complexity index is 756. The van der Waals surface area contributed by atoms with Crippen molar-refractivity contribution < 1.29 is 9.18 Å². The summed E-state index contributed by atoms with van der Waals surface area (Å²) in [6.45, 7) is 7.73. The van der Waals surface area contributed by atoms with Gasteiger partial charge in [-0.05, 0) is 31.5 Å². The number of carbonyl (C=O) groups is 1. The molecule has 1 amide bonds. The summed E-state index contributed by atoms with van der Waals surface area (Å²) in [5, 5.41) is 2.85. The van der Waals surface area contributed by atoms with Crippen LogP contribution < -0.4 is 10.2 Å². The summed E-state index contributed by atoms with van der Waals surface area (Å²) in [6.07, 6.45) is 0. The summed E-state index contributed by atoms with van der Waals surface area (Å²) >= 11 is 0. The molecule has 1 heterocycles. The molecule has 5 heteroatoms. The van der Waals surface area contributed by atoms with Crippen LogP contribution in [0.4, 0.5) is 10.1 Å². The second kappa shape index (κ2) is 8.32. The van der Waals surface area contributed by atoms with Crippen LogP contribution in [0.25, 0.3) is 0 Å². The number of anilines is 1. The first-order valence-electron chi connectivity index (χ1n) is 9.12. The molecule has 1 aliphatic rings. The van der Waals surface area contributed by atoms with Gasteiger partial charge in [0.1, 0.15) is 5.82 Å². The van der Waals surface area contributed by atoms with Gasteiger partial charge in [0.15, 0.2) is 0 Å². The summed E-state index contributed by atoms with van der Waals surface area (Å²) in [5.41, 5.74) is 3.05. The van der Waals surface area contributed by atoms with Crippen molar-refractivity contribution in [3.05, 3.63) is 65.5 Å². The van der Waals surface area contributed by atoms with Gasteiger partial charge in [0.05, 0.1) is 6.04 Å². The van der Waals surface area contributed by atoms with Gasteiger partial charge in [0.25, 0.3) is 0 Å². The number of para-hydroxylation sites is 1. The van der Waals surface area contributed by atoms with Crippen molar-refractivity contribution in [1.82, 2.24) is 10.2 Å². The Balaban J connectivity index is 1.51. The molecule has 2 aromatic carbocycles. The molecular formula is C21H26FN3O. The second-order valence-electron chi connectivity index (χ2n) is 6.79. The molecule has 138 valence electrons. The molecule has 0 bridgehead atoms. The fourth-order valence-electron chi connectivity index (χ4n) is 3.41. The lowest BCUT2D eigenvalue weighted by atomic mass is 10.1. The van der Waals surface area contributed by atoms with Crippen LogP contribution in [-0.4, -0.2) is 43.0 Å². The van der Waals surface area contributed by atoms with Gasteiger partial charge in [-0.25, -0.2) is 4.39 Å². The summed E-state index contributed by atoms with van der Waals surface area (Å²) in [6, 6.07) is 14.7. The molecule has 1 fully saturated rings. The quantitative estimate of drug-likeness (QED) is 0.896. The zero-order valence-corrected chi connectivity index (χ0v) is 15.4. The van der Waals surface area contributed by atoms with Crippen LogP contribution in [0.15, 0.2) is 48.5 Å². The Morgan fingerprint density at radius 2 is 1.73 bits per heavy atom. The Hall–Kier alpha value is -2.40. The van der Waals surface area contributed by atoms with Gasteiger partial charge in [0.2, 0.25) is 5.91 Å². The van der Waals surface area contributed by atoms with Gasteiger partial charge in [-0.2, -0.15) is 0 Å². The van der Waals surface area contributed by atoms with Crippen LogP contribution in [0, 0.1) is 12.7 Å². The Kier molecular flexibility index (Phi) is 5.89. The molecule has 4 nitrogen and oxygen atoms in total. The maximum absolute atomic E-state index is 13.7. The lowest BCUT2D eigenvalue weighted by Crippen LogP contribution is -2.54. The standard InChI is InChI=1S/C21H26FN3O/c1-16-7-3-6-10-20(16)25-13-11-24(12-14-25)17(2)21(26)23-15-18-8-4-5-9-19(18)22/h3-10,17H,11-15H2,1-2H3,(H,23,26)/t17-/m1/s1. The van der Waals surface area contributed by atoms with E-state index >= 15 is 0 Å². The molecule has 1 aliphatic heterocycles. The van der Waals surface area contributed by atoms with E-state index < -0.39 is 0 Å². The number of rotatable bonds is 5. The maximum atomic E-state index is 13.7. The van der Waals surface area contributed by atoms with Gasteiger partial charge in [-0.15, -0.1) is 0 Å². The number of carbonyl (C=O) groups excluding carboxylic acids is 1. The maximum Gasteiger partial charge on any atom is 0.237 e. The van der Waals surface area contributed by atoms with Gasteiger partial charge >= 0.3 is 0 Å². The Morgan fingerprint density at radius 3 is 2.42 bits per heavy atom. The molecule has 1 saturated heterocycles. The van der Waals surface area contributed by atoms with E-state index in [1.165, 1.54) is 17.3 Å². The van der Waals surface area contributed by atoms with E-state index in [0.717, 1.165) is 26.2 Å². The van der Waals surface area contributed by atoms with Gasteiger partial charge in [0, 0.05) is 44.0 Å². The highest BCUT2D eigenvalue weighted by atomic mass is 19.1. The first-order chi connectivity index (χ1) is 12.6. The van der Waals surface area contributed by atoms with Crippen molar-refractivity contribution in [2.24, 2.45) is 0 Å². The first-order valence-corrected chi connectivity index (χ1v) is 9.12. The van der Waals surface area contributed by atoms with Crippen molar-refractivity contribution in [1.29, 1.82) is 0 Å². The average Bonchev–Trinajstić information content (AvgIpc) is 2.67. The number of benzene rings is 2. The summed E-state index contributed by atoms with van der Waals surface area (Å²) < 4.78 is 13.7. The third-order valence-electron chi connectivity index (χ3n) is 5.11. The molecule has 0 aliphatic carbocycles. The fourth-order valence-corrected chi connectivity index (χ4v) is 3.41. The molecule has 0 unspecified atom stereocenters. The average molecular weight is 355 g/mol. The Labute approximate surface area is 154 Å². The van der Waals surface area contributed by atoms with Crippen molar-refractivity contribution in [2.45, 2.75) is 26.4 Å². The zero-order valence-electron chi connectivity index (χ0n) is 15.4. The number of nitrogens with one attached hydrogen (secondary N) is 1. The highest BCUT2D eigenvalue weighted by Gasteiger charge is 2.26. The minimum Gasteiger partial charge on any atom is -0.369 e. The molecular weight excluding hydrogens is 329 g/mol. The van der Waals surface area contributed by atoms with Crippen LogP contribution in [0.2, 0.25) is 0 Å². The fraction of sp³-hybridized carbons (Fsp3) is 0.381. The van der Waals surface area contributed by atoms with Crippen molar-refractivity contribution >= 4 is 11.6 Å². The third-order valence-corrected chi connectivity index (χ3v) is 5.11. The van der Waals surface area contributed by atoms with Gasteiger partial charge < -0.3 is 10.2 Å². The summed E-state index contributed by atoms with van der Waals surface area (Å²) in [4.78, 5) is 17.0. The van der Waals surface area contributed by atoms with Crippen LogP contribution >= 0.6 is 0 Å². The first kappa shape index (κ1) is 18.4. The molecule has 26 heavy (non-hydrogen) atoms. The highest BCUT2D eigenvalue weighted by Crippen LogP contribution is 2.21. The van der Waals surface area contributed by atoms with E-state index in [9.17, 15) is 9.18 Å².